The fraction of sp³-hybridized carbons (Fsp3) is 0.538. The van der Waals surface area contributed by atoms with Crippen molar-refractivity contribution in [1.29, 1.82) is 0 Å². The van der Waals surface area contributed by atoms with Crippen LogP contribution in [0, 0.1) is 0 Å². The molecule has 1 aliphatic heterocycles. The second kappa shape index (κ2) is 3.60. The first-order chi connectivity index (χ1) is 8.54. The normalized spacial score (nSPS) is 16.7. The van der Waals surface area contributed by atoms with Gasteiger partial charge in [-0.3, -0.25) is 0 Å². The van der Waals surface area contributed by atoms with Crippen LogP contribution < -0.4 is 9.47 Å². The summed E-state index contributed by atoms with van der Waals surface area (Å²) in [4.78, 5) is 8.75. The predicted molar refractivity (Wildman–Crippen MR) is 68.2 cm³/mol. The van der Waals surface area contributed by atoms with Crippen molar-refractivity contribution in [3.05, 3.63) is 11.8 Å². The summed E-state index contributed by atoms with van der Waals surface area (Å²) in [6, 6.07) is 0.356. The molecule has 96 valence electrons. The van der Waals surface area contributed by atoms with Gasteiger partial charge in [0.05, 0.1) is 12.5 Å². The number of aryl methyl sites for hydroxylation is 1. The van der Waals surface area contributed by atoms with Crippen LogP contribution in [-0.4, -0.2) is 27.2 Å². The number of nitrogens with zero attached hydrogens (tertiary/aromatic N) is 3. The van der Waals surface area contributed by atoms with Crippen molar-refractivity contribution in [2.45, 2.75) is 39.3 Å². The standard InChI is InChI=1S/C13H17N3O2/c1-5-16-7-8-6-13(2,3)18-11-9(8)10(16)14-12(15-11)17-4/h7H,5-6H2,1-4H3. The highest BCUT2D eigenvalue weighted by Crippen LogP contribution is 2.38. The highest BCUT2D eigenvalue weighted by Gasteiger charge is 2.32. The van der Waals surface area contributed by atoms with Crippen molar-refractivity contribution in [2.75, 3.05) is 7.11 Å². The third-order valence-electron chi connectivity index (χ3n) is 3.25. The summed E-state index contributed by atoms with van der Waals surface area (Å²) in [5.74, 6) is 0.635. The molecule has 0 unspecified atom stereocenters. The first-order valence-corrected chi connectivity index (χ1v) is 6.17. The molecular weight excluding hydrogens is 230 g/mol. The summed E-state index contributed by atoms with van der Waals surface area (Å²) < 4.78 is 13.2. The Morgan fingerprint density at radius 2 is 2.22 bits per heavy atom. The summed E-state index contributed by atoms with van der Waals surface area (Å²) >= 11 is 0. The lowest BCUT2D eigenvalue weighted by Gasteiger charge is -2.29. The number of ether oxygens (including phenoxy) is 2. The molecule has 0 saturated heterocycles. The van der Waals surface area contributed by atoms with E-state index in [2.05, 4.69) is 41.5 Å². The van der Waals surface area contributed by atoms with Crippen LogP contribution in [0.4, 0.5) is 0 Å². The maximum absolute atomic E-state index is 5.95. The SMILES string of the molecule is CCn1cc2c3c(nc(OC)nc31)OC(C)(C)C2. The Balaban J connectivity index is 2.32. The molecule has 0 fully saturated rings. The zero-order valence-corrected chi connectivity index (χ0v) is 11.1. The number of rotatable bonds is 2. The Hall–Kier alpha value is -1.78. The lowest BCUT2D eigenvalue weighted by atomic mass is 9.96. The van der Waals surface area contributed by atoms with E-state index in [9.17, 15) is 0 Å². The van der Waals surface area contributed by atoms with E-state index in [4.69, 9.17) is 9.47 Å². The average Bonchev–Trinajstić information content (AvgIpc) is 2.66. The number of aromatic nitrogens is 3. The van der Waals surface area contributed by atoms with E-state index >= 15 is 0 Å². The van der Waals surface area contributed by atoms with Gasteiger partial charge in [-0.2, -0.15) is 9.97 Å². The molecule has 2 aromatic heterocycles. The van der Waals surface area contributed by atoms with Gasteiger partial charge in [0.1, 0.15) is 5.60 Å². The Labute approximate surface area is 106 Å². The van der Waals surface area contributed by atoms with Gasteiger partial charge in [0.2, 0.25) is 5.88 Å². The van der Waals surface area contributed by atoms with Gasteiger partial charge in [-0.1, -0.05) is 0 Å². The molecule has 5 heteroatoms. The van der Waals surface area contributed by atoms with E-state index < -0.39 is 0 Å². The smallest absolute Gasteiger partial charge is 0.321 e. The maximum Gasteiger partial charge on any atom is 0.321 e. The Morgan fingerprint density at radius 3 is 2.89 bits per heavy atom. The molecule has 5 nitrogen and oxygen atoms in total. The van der Waals surface area contributed by atoms with Gasteiger partial charge >= 0.3 is 6.01 Å². The Bertz CT molecular complexity index is 616. The second-order valence-corrected chi connectivity index (χ2v) is 5.19. The second-order valence-electron chi connectivity index (χ2n) is 5.19. The van der Waals surface area contributed by atoms with Crippen molar-refractivity contribution >= 4 is 11.0 Å². The molecule has 0 aliphatic carbocycles. The lowest BCUT2D eigenvalue weighted by Crippen LogP contribution is -2.33. The van der Waals surface area contributed by atoms with Crippen LogP contribution in [0.3, 0.4) is 0 Å². The topological polar surface area (TPSA) is 49.2 Å². The Morgan fingerprint density at radius 1 is 1.44 bits per heavy atom. The van der Waals surface area contributed by atoms with Crippen LogP contribution in [-0.2, 0) is 13.0 Å². The Kier molecular flexibility index (Phi) is 2.27. The van der Waals surface area contributed by atoms with Gasteiger partial charge in [0, 0.05) is 19.2 Å². The largest absolute Gasteiger partial charge is 0.471 e. The van der Waals surface area contributed by atoms with Crippen LogP contribution >= 0.6 is 0 Å². The van der Waals surface area contributed by atoms with Crippen LogP contribution in [0.25, 0.3) is 11.0 Å². The van der Waals surface area contributed by atoms with Crippen molar-refractivity contribution in [2.24, 2.45) is 0 Å². The van der Waals surface area contributed by atoms with Gasteiger partial charge in [0.15, 0.2) is 5.65 Å². The molecule has 3 rings (SSSR count). The summed E-state index contributed by atoms with van der Waals surface area (Å²) in [7, 11) is 1.57. The summed E-state index contributed by atoms with van der Waals surface area (Å²) in [6.07, 6.45) is 3.02. The number of methoxy groups -OCH3 is 1. The summed E-state index contributed by atoms with van der Waals surface area (Å²) in [6.45, 7) is 7.11. The van der Waals surface area contributed by atoms with E-state index in [1.807, 2.05) is 0 Å². The molecular formula is C13H17N3O2. The first kappa shape index (κ1) is 11.3. The molecule has 3 heterocycles. The van der Waals surface area contributed by atoms with Gasteiger partial charge in [-0.25, -0.2) is 0 Å². The molecule has 0 atom stereocenters. The zero-order valence-electron chi connectivity index (χ0n) is 11.1. The van der Waals surface area contributed by atoms with Crippen molar-refractivity contribution in [3.63, 3.8) is 0 Å². The molecule has 0 amide bonds. The highest BCUT2D eigenvalue weighted by atomic mass is 16.5. The molecule has 0 N–H and O–H groups in total. The predicted octanol–water partition coefficient (Wildman–Crippen LogP) is 2.17. The van der Waals surface area contributed by atoms with Crippen molar-refractivity contribution in [3.8, 4) is 11.9 Å². The quantitative estimate of drug-likeness (QED) is 0.816. The molecule has 0 radical (unpaired) electrons. The van der Waals surface area contributed by atoms with Crippen LogP contribution in [0.2, 0.25) is 0 Å². The van der Waals surface area contributed by atoms with Crippen LogP contribution in [0.15, 0.2) is 6.20 Å². The monoisotopic (exact) mass is 247 g/mol. The van der Waals surface area contributed by atoms with E-state index in [1.54, 1.807) is 7.11 Å². The van der Waals surface area contributed by atoms with E-state index in [0.29, 0.717) is 11.9 Å². The minimum absolute atomic E-state index is 0.237. The fourth-order valence-corrected chi connectivity index (χ4v) is 2.51. The minimum Gasteiger partial charge on any atom is -0.471 e. The minimum atomic E-state index is -0.237. The lowest BCUT2D eigenvalue weighted by molar-refractivity contribution is 0.0989. The highest BCUT2D eigenvalue weighted by molar-refractivity contribution is 5.87. The van der Waals surface area contributed by atoms with Gasteiger partial charge in [-0.05, 0) is 26.3 Å². The van der Waals surface area contributed by atoms with Gasteiger partial charge < -0.3 is 14.0 Å². The van der Waals surface area contributed by atoms with Gasteiger partial charge in [-0.15, -0.1) is 0 Å². The van der Waals surface area contributed by atoms with Crippen LogP contribution in [0.5, 0.6) is 11.9 Å². The van der Waals surface area contributed by atoms with E-state index in [0.717, 1.165) is 24.0 Å². The molecule has 18 heavy (non-hydrogen) atoms. The molecule has 0 saturated carbocycles. The number of hydrogen-bond donors (Lipinski definition) is 0. The van der Waals surface area contributed by atoms with E-state index in [1.165, 1.54) is 5.56 Å². The van der Waals surface area contributed by atoms with Crippen LogP contribution in [0.1, 0.15) is 26.3 Å². The molecule has 0 bridgehead atoms. The summed E-state index contributed by atoms with van der Waals surface area (Å²) in [5.41, 5.74) is 1.91. The fourth-order valence-electron chi connectivity index (χ4n) is 2.51. The van der Waals surface area contributed by atoms with Crippen molar-refractivity contribution in [1.82, 2.24) is 14.5 Å². The first-order valence-electron chi connectivity index (χ1n) is 6.17. The van der Waals surface area contributed by atoms with Gasteiger partial charge in [0.25, 0.3) is 0 Å². The maximum atomic E-state index is 5.95. The average molecular weight is 247 g/mol. The number of hydrogen-bond acceptors (Lipinski definition) is 4. The summed E-state index contributed by atoms with van der Waals surface area (Å²) in [5, 5.41) is 1.02. The third kappa shape index (κ3) is 1.54. The molecule has 2 aromatic rings. The zero-order chi connectivity index (χ0) is 12.9. The third-order valence-corrected chi connectivity index (χ3v) is 3.25. The molecule has 0 spiro atoms. The molecule has 1 aliphatic rings. The van der Waals surface area contributed by atoms with Crippen molar-refractivity contribution < 1.29 is 9.47 Å². The molecule has 0 aromatic carbocycles. The van der Waals surface area contributed by atoms with E-state index in [-0.39, 0.29) is 5.60 Å².